The van der Waals surface area contributed by atoms with Crippen LogP contribution in [-0.2, 0) is 9.53 Å². The molecular formula is C25H28Cl2N2O5. The molecule has 0 spiro atoms. The van der Waals surface area contributed by atoms with Crippen LogP contribution in [0.15, 0.2) is 42.5 Å². The van der Waals surface area contributed by atoms with E-state index in [4.69, 9.17) is 32.7 Å². The van der Waals surface area contributed by atoms with Gasteiger partial charge in [0.25, 0.3) is 11.8 Å². The predicted octanol–water partition coefficient (Wildman–Crippen LogP) is 4.65. The van der Waals surface area contributed by atoms with Crippen molar-refractivity contribution in [3.05, 3.63) is 63.6 Å². The molecule has 182 valence electrons. The lowest BCUT2D eigenvalue weighted by Gasteiger charge is -2.27. The number of hydrogen-bond acceptors (Lipinski definition) is 5. The number of benzene rings is 2. The average molecular weight is 507 g/mol. The van der Waals surface area contributed by atoms with Crippen molar-refractivity contribution >= 4 is 41.0 Å². The van der Waals surface area contributed by atoms with E-state index in [2.05, 4.69) is 10.6 Å². The molecule has 0 aliphatic heterocycles. The third-order valence-electron chi connectivity index (χ3n) is 5.59. The number of halogens is 2. The second-order valence-electron chi connectivity index (χ2n) is 8.01. The Morgan fingerprint density at radius 3 is 2.03 bits per heavy atom. The van der Waals surface area contributed by atoms with Crippen LogP contribution in [0.2, 0.25) is 10.0 Å². The second kappa shape index (κ2) is 12.6. The minimum Gasteiger partial charge on any atom is -0.490 e. The zero-order valence-electron chi connectivity index (χ0n) is 18.9. The van der Waals surface area contributed by atoms with Crippen LogP contribution in [0.4, 0.5) is 0 Å². The summed E-state index contributed by atoms with van der Waals surface area (Å²) in [7, 11) is 0. The highest BCUT2D eigenvalue weighted by Crippen LogP contribution is 2.28. The summed E-state index contributed by atoms with van der Waals surface area (Å²) in [5.41, 5.74) is 0.889. The summed E-state index contributed by atoms with van der Waals surface area (Å²) >= 11 is 11.8. The number of rotatable bonds is 9. The molecule has 2 aromatic carbocycles. The maximum absolute atomic E-state index is 12.4. The van der Waals surface area contributed by atoms with E-state index >= 15 is 0 Å². The highest BCUT2D eigenvalue weighted by Gasteiger charge is 2.28. The van der Waals surface area contributed by atoms with Crippen LogP contribution in [0.25, 0.3) is 0 Å². The van der Waals surface area contributed by atoms with Gasteiger partial charge in [0.05, 0.1) is 28.7 Å². The summed E-state index contributed by atoms with van der Waals surface area (Å²) in [6.45, 7) is 2.75. The van der Waals surface area contributed by atoms with Gasteiger partial charge in [0.15, 0.2) is 0 Å². The Balaban J connectivity index is 1.38. The maximum atomic E-state index is 12.4. The van der Waals surface area contributed by atoms with Crippen LogP contribution < -0.4 is 15.4 Å². The van der Waals surface area contributed by atoms with Crippen molar-refractivity contribution in [3.8, 4) is 5.75 Å². The number of hydrogen-bond donors (Lipinski definition) is 2. The van der Waals surface area contributed by atoms with E-state index in [1.54, 1.807) is 36.4 Å². The first-order valence-electron chi connectivity index (χ1n) is 11.3. The normalized spacial score (nSPS) is 17.5. The van der Waals surface area contributed by atoms with Gasteiger partial charge in [0.1, 0.15) is 5.75 Å². The van der Waals surface area contributed by atoms with Crippen LogP contribution >= 0.6 is 23.2 Å². The van der Waals surface area contributed by atoms with Crippen molar-refractivity contribution < 1.29 is 23.9 Å². The van der Waals surface area contributed by atoms with Gasteiger partial charge >= 0.3 is 5.97 Å². The molecule has 0 radical (unpaired) electrons. The van der Waals surface area contributed by atoms with Gasteiger partial charge in [-0.2, -0.15) is 0 Å². The molecule has 0 bridgehead atoms. The van der Waals surface area contributed by atoms with Crippen molar-refractivity contribution in [2.24, 2.45) is 5.92 Å². The fourth-order valence-electron chi connectivity index (χ4n) is 3.75. The molecule has 0 atom stereocenters. The highest BCUT2D eigenvalue weighted by atomic mass is 35.5. The highest BCUT2D eigenvalue weighted by molar-refractivity contribution is 6.42. The minimum atomic E-state index is -0.300. The standard InChI is InChI=1S/C25H28Cl2N2O5/c1-2-33-25(32)17-5-10-20(11-6-17)34-19-8-3-16(4-9-19)23(30)28-13-14-29-24(31)18-7-12-21(26)22(27)15-18/h3-4,7-9,12,15,17,20H,2,5-6,10-11,13-14H2,1H3,(H,28,30)(H,29,31). The minimum absolute atomic E-state index is 0.0420. The molecule has 0 aromatic heterocycles. The molecule has 3 rings (SSSR count). The first-order chi connectivity index (χ1) is 16.4. The predicted molar refractivity (Wildman–Crippen MR) is 131 cm³/mol. The fourth-order valence-corrected chi connectivity index (χ4v) is 4.05. The van der Waals surface area contributed by atoms with E-state index in [1.165, 1.54) is 6.07 Å². The molecule has 1 aliphatic rings. The van der Waals surface area contributed by atoms with Crippen molar-refractivity contribution in [1.82, 2.24) is 10.6 Å². The molecule has 9 heteroatoms. The Bertz CT molecular complexity index is 1000. The average Bonchev–Trinajstić information content (AvgIpc) is 2.84. The maximum Gasteiger partial charge on any atom is 0.308 e. The fraction of sp³-hybridized carbons (Fsp3) is 0.400. The summed E-state index contributed by atoms with van der Waals surface area (Å²) in [4.78, 5) is 36.3. The Morgan fingerprint density at radius 2 is 1.44 bits per heavy atom. The summed E-state index contributed by atoms with van der Waals surface area (Å²) in [5, 5.41) is 6.17. The second-order valence-corrected chi connectivity index (χ2v) is 8.82. The number of ether oxygens (including phenoxy) is 2. The van der Waals surface area contributed by atoms with Crippen molar-refractivity contribution in [2.75, 3.05) is 19.7 Å². The van der Waals surface area contributed by atoms with Gasteiger partial charge in [-0.05, 0) is 75.1 Å². The molecule has 34 heavy (non-hydrogen) atoms. The smallest absolute Gasteiger partial charge is 0.308 e. The third kappa shape index (κ3) is 7.37. The zero-order chi connectivity index (χ0) is 24.5. The quantitative estimate of drug-likeness (QED) is 0.381. The van der Waals surface area contributed by atoms with E-state index in [-0.39, 0.29) is 42.9 Å². The van der Waals surface area contributed by atoms with Gasteiger partial charge in [0, 0.05) is 24.2 Å². The van der Waals surface area contributed by atoms with E-state index in [0.29, 0.717) is 33.5 Å². The lowest BCUT2D eigenvalue weighted by molar-refractivity contribution is -0.149. The molecule has 0 unspecified atom stereocenters. The van der Waals surface area contributed by atoms with Crippen LogP contribution in [0.3, 0.4) is 0 Å². The first-order valence-corrected chi connectivity index (χ1v) is 12.1. The Labute approximate surface area is 209 Å². The van der Waals surface area contributed by atoms with Gasteiger partial charge in [-0.15, -0.1) is 0 Å². The van der Waals surface area contributed by atoms with Gasteiger partial charge in [-0.25, -0.2) is 0 Å². The molecular weight excluding hydrogens is 479 g/mol. The van der Waals surface area contributed by atoms with Crippen LogP contribution in [0.1, 0.15) is 53.3 Å². The molecule has 2 N–H and O–H groups in total. The number of nitrogens with one attached hydrogen (secondary N) is 2. The van der Waals surface area contributed by atoms with E-state index < -0.39 is 0 Å². The zero-order valence-corrected chi connectivity index (χ0v) is 20.5. The Kier molecular flexibility index (Phi) is 9.60. The van der Waals surface area contributed by atoms with Gasteiger partial charge in [-0.1, -0.05) is 23.2 Å². The monoisotopic (exact) mass is 506 g/mol. The number of esters is 1. The van der Waals surface area contributed by atoms with Gasteiger partial charge < -0.3 is 20.1 Å². The molecule has 0 heterocycles. The summed E-state index contributed by atoms with van der Waals surface area (Å²) in [6, 6.07) is 11.6. The lowest BCUT2D eigenvalue weighted by atomic mass is 9.87. The molecule has 2 amide bonds. The molecule has 1 fully saturated rings. The molecule has 1 saturated carbocycles. The van der Waals surface area contributed by atoms with E-state index in [1.807, 2.05) is 6.92 Å². The van der Waals surface area contributed by atoms with Crippen LogP contribution in [-0.4, -0.2) is 43.6 Å². The summed E-state index contributed by atoms with van der Waals surface area (Å²) in [6.07, 6.45) is 3.14. The Morgan fingerprint density at radius 1 is 0.853 bits per heavy atom. The van der Waals surface area contributed by atoms with E-state index in [9.17, 15) is 14.4 Å². The number of carbonyl (C=O) groups is 3. The number of amides is 2. The van der Waals surface area contributed by atoms with Crippen LogP contribution in [0, 0.1) is 5.92 Å². The number of carbonyl (C=O) groups excluding carboxylic acids is 3. The molecule has 7 nitrogen and oxygen atoms in total. The van der Waals surface area contributed by atoms with Crippen molar-refractivity contribution in [3.63, 3.8) is 0 Å². The molecule has 0 saturated heterocycles. The SMILES string of the molecule is CCOC(=O)C1CCC(Oc2ccc(C(=O)NCCNC(=O)c3ccc(Cl)c(Cl)c3)cc2)CC1. The lowest BCUT2D eigenvalue weighted by Crippen LogP contribution is -2.34. The largest absolute Gasteiger partial charge is 0.490 e. The van der Waals surface area contributed by atoms with Gasteiger partial charge in [0.2, 0.25) is 0 Å². The third-order valence-corrected chi connectivity index (χ3v) is 6.33. The first kappa shape index (κ1) is 25.8. The summed E-state index contributed by atoms with van der Waals surface area (Å²) < 4.78 is 11.1. The summed E-state index contributed by atoms with van der Waals surface area (Å²) in [5.74, 6) is -0.0224. The van der Waals surface area contributed by atoms with Crippen molar-refractivity contribution in [2.45, 2.75) is 38.7 Å². The van der Waals surface area contributed by atoms with E-state index in [0.717, 1.165) is 25.7 Å². The Hall–Kier alpha value is -2.77. The van der Waals surface area contributed by atoms with Gasteiger partial charge in [-0.3, -0.25) is 14.4 Å². The van der Waals surface area contributed by atoms with Crippen molar-refractivity contribution in [1.29, 1.82) is 0 Å². The molecule has 2 aromatic rings. The van der Waals surface area contributed by atoms with Crippen LogP contribution in [0.5, 0.6) is 5.75 Å². The topological polar surface area (TPSA) is 93.7 Å². The molecule has 1 aliphatic carbocycles.